The Morgan fingerprint density at radius 3 is 1.90 bits per heavy atom. The zero-order chi connectivity index (χ0) is 21.5. The standard InChI is InChI=1S/C19H14F4N4O3/c20-17(21)29-14-8-11(9-15(10-14)30-18(22)23)16(28)26-12-2-4-13(5-3-12)27-19-24-6-1-7-25-19/h1-10,17-18H,(H,26,28)(H,24,25,27). The number of halogens is 4. The largest absolute Gasteiger partial charge is 0.435 e. The maximum Gasteiger partial charge on any atom is 0.387 e. The third kappa shape index (κ3) is 6.06. The molecule has 0 radical (unpaired) electrons. The second kappa shape index (κ2) is 9.54. The number of hydrogen-bond acceptors (Lipinski definition) is 6. The van der Waals surface area contributed by atoms with E-state index in [1.165, 1.54) is 0 Å². The second-order valence-electron chi connectivity index (χ2n) is 5.68. The van der Waals surface area contributed by atoms with Crippen molar-refractivity contribution in [3.8, 4) is 11.5 Å². The summed E-state index contributed by atoms with van der Waals surface area (Å²) < 4.78 is 58.2. The molecule has 0 aliphatic carbocycles. The van der Waals surface area contributed by atoms with Gasteiger partial charge in [-0.2, -0.15) is 17.6 Å². The van der Waals surface area contributed by atoms with E-state index in [0.717, 1.165) is 18.2 Å². The van der Waals surface area contributed by atoms with Crippen molar-refractivity contribution in [2.45, 2.75) is 13.2 Å². The molecule has 0 unspecified atom stereocenters. The third-order valence-corrected chi connectivity index (χ3v) is 3.56. The molecular weight excluding hydrogens is 408 g/mol. The highest BCUT2D eigenvalue weighted by molar-refractivity contribution is 6.04. The fraction of sp³-hybridized carbons (Fsp3) is 0.105. The molecule has 2 N–H and O–H groups in total. The molecule has 0 atom stereocenters. The molecule has 0 fully saturated rings. The van der Waals surface area contributed by atoms with Crippen molar-refractivity contribution in [1.29, 1.82) is 0 Å². The van der Waals surface area contributed by atoms with E-state index < -0.39 is 30.6 Å². The molecule has 3 aromatic rings. The van der Waals surface area contributed by atoms with Gasteiger partial charge >= 0.3 is 13.2 Å². The molecule has 0 spiro atoms. The highest BCUT2D eigenvalue weighted by Gasteiger charge is 2.15. The van der Waals surface area contributed by atoms with Crippen molar-refractivity contribution in [2.24, 2.45) is 0 Å². The molecule has 0 aliphatic rings. The lowest BCUT2D eigenvalue weighted by molar-refractivity contribution is -0.0543. The number of benzene rings is 2. The first-order valence-electron chi connectivity index (χ1n) is 8.39. The van der Waals surface area contributed by atoms with Gasteiger partial charge in [0.15, 0.2) is 0 Å². The van der Waals surface area contributed by atoms with Gasteiger partial charge in [0.1, 0.15) is 11.5 Å². The van der Waals surface area contributed by atoms with Gasteiger partial charge in [-0.1, -0.05) is 0 Å². The molecule has 0 saturated carbocycles. The Bertz CT molecular complexity index is 961. The predicted octanol–water partition coefficient (Wildman–Crippen LogP) is 4.68. The first kappa shape index (κ1) is 20.8. The van der Waals surface area contributed by atoms with Gasteiger partial charge in [0.05, 0.1) is 0 Å². The molecule has 1 heterocycles. The van der Waals surface area contributed by atoms with Crippen molar-refractivity contribution in [1.82, 2.24) is 9.97 Å². The van der Waals surface area contributed by atoms with Gasteiger partial charge in [0.2, 0.25) is 5.95 Å². The molecule has 11 heteroatoms. The number of anilines is 3. The minimum absolute atomic E-state index is 0.205. The van der Waals surface area contributed by atoms with Crippen LogP contribution in [0.4, 0.5) is 34.9 Å². The average Bonchev–Trinajstić information content (AvgIpc) is 2.69. The van der Waals surface area contributed by atoms with E-state index in [4.69, 9.17) is 0 Å². The van der Waals surface area contributed by atoms with E-state index in [9.17, 15) is 22.4 Å². The van der Waals surface area contributed by atoms with Crippen molar-refractivity contribution in [3.05, 3.63) is 66.5 Å². The summed E-state index contributed by atoms with van der Waals surface area (Å²) in [5, 5.41) is 5.48. The molecule has 0 aliphatic heterocycles. The lowest BCUT2D eigenvalue weighted by Crippen LogP contribution is -2.13. The van der Waals surface area contributed by atoms with E-state index in [2.05, 4.69) is 30.1 Å². The quantitative estimate of drug-likeness (QED) is 0.513. The van der Waals surface area contributed by atoms with Gasteiger partial charge in [-0.25, -0.2) is 9.97 Å². The summed E-state index contributed by atoms with van der Waals surface area (Å²) in [5.41, 5.74) is 0.818. The Hall–Kier alpha value is -3.89. The Kier molecular flexibility index (Phi) is 6.63. The molecule has 30 heavy (non-hydrogen) atoms. The summed E-state index contributed by atoms with van der Waals surface area (Å²) in [7, 11) is 0. The number of amides is 1. The van der Waals surface area contributed by atoms with Crippen molar-refractivity contribution >= 4 is 23.2 Å². The van der Waals surface area contributed by atoms with Gasteiger partial charge in [-0.15, -0.1) is 0 Å². The summed E-state index contributed by atoms with van der Waals surface area (Å²) >= 11 is 0. The number of nitrogens with one attached hydrogen (secondary N) is 2. The molecule has 2 aromatic carbocycles. The highest BCUT2D eigenvalue weighted by Crippen LogP contribution is 2.26. The Labute approximate surface area is 167 Å². The number of carbonyl (C=O) groups excluding carboxylic acids is 1. The van der Waals surface area contributed by atoms with Gasteiger partial charge in [0, 0.05) is 35.4 Å². The third-order valence-electron chi connectivity index (χ3n) is 3.56. The predicted molar refractivity (Wildman–Crippen MR) is 99.4 cm³/mol. The first-order chi connectivity index (χ1) is 14.4. The van der Waals surface area contributed by atoms with E-state index in [1.807, 2.05) is 0 Å². The topological polar surface area (TPSA) is 85.4 Å². The molecule has 0 saturated heterocycles. The zero-order valence-corrected chi connectivity index (χ0v) is 15.1. The fourth-order valence-corrected chi connectivity index (χ4v) is 2.38. The van der Waals surface area contributed by atoms with Crippen LogP contribution in [0.1, 0.15) is 10.4 Å². The normalized spacial score (nSPS) is 10.7. The average molecular weight is 422 g/mol. The van der Waals surface area contributed by atoms with E-state index in [0.29, 0.717) is 17.3 Å². The summed E-state index contributed by atoms with van der Waals surface area (Å²) in [4.78, 5) is 20.5. The molecule has 1 amide bonds. The van der Waals surface area contributed by atoms with Crippen LogP contribution in [0.3, 0.4) is 0 Å². The second-order valence-corrected chi connectivity index (χ2v) is 5.68. The van der Waals surface area contributed by atoms with Crippen LogP contribution >= 0.6 is 0 Å². The monoisotopic (exact) mass is 422 g/mol. The molecule has 156 valence electrons. The van der Waals surface area contributed by atoms with Crippen LogP contribution in [-0.2, 0) is 0 Å². The van der Waals surface area contributed by atoms with Gasteiger partial charge in [0.25, 0.3) is 5.91 Å². The number of ether oxygens (including phenoxy) is 2. The van der Waals surface area contributed by atoms with Crippen LogP contribution in [0.15, 0.2) is 60.9 Å². The summed E-state index contributed by atoms with van der Waals surface area (Å²) in [5.74, 6) is -1.33. The fourth-order valence-electron chi connectivity index (χ4n) is 2.38. The number of rotatable bonds is 8. The highest BCUT2D eigenvalue weighted by atomic mass is 19.3. The minimum Gasteiger partial charge on any atom is -0.435 e. The Morgan fingerprint density at radius 2 is 1.37 bits per heavy atom. The van der Waals surface area contributed by atoms with Gasteiger partial charge in [-0.05, 0) is 42.5 Å². The maximum absolute atomic E-state index is 12.5. The Morgan fingerprint density at radius 1 is 0.833 bits per heavy atom. The Balaban J connectivity index is 1.72. The maximum atomic E-state index is 12.5. The van der Waals surface area contributed by atoms with Crippen LogP contribution in [0, 0.1) is 0 Å². The summed E-state index contributed by atoms with van der Waals surface area (Å²) in [6.07, 6.45) is 3.14. The van der Waals surface area contributed by atoms with Crippen LogP contribution in [0.25, 0.3) is 0 Å². The van der Waals surface area contributed by atoms with Crippen molar-refractivity contribution in [2.75, 3.05) is 10.6 Å². The van der Waals surface area contributed by atoms with Crippen molar-refractivity contribution < 1.29 is 31.8 Å². The van der Waals surface area contributed by atoms with E-state index in [-0.39, 0.29) is 5.56 Å². The van der Waals surface area contributed by atoms with Crippen molar-refractivity contribution in [3.63, 3.8) is 0 Å². The van der Waals surface area contributed by atoms with E-state index in [1.54, 1.807) is 42.7 Å². The SMILES string of the molecule is O=C(Nc1ccc(Nc2ncccn2)cc1)c1cc(OC(F)F)cc(OC(F)F)c1. The molecule has 0 bridgehead atoms. The van der Waals surface area contributed by atoms with Crippen LogP contribution in [0.5, 0.6) is 11.5 Å². The molecule has 7 nitrogen and oxygen atoms in total. The number of aromatic nitrogens is 2. The van der Waals surface area contributed by atoms with Crippen LogP contribution in [-0.4, -0.2) is 29.1 Å². The number of hydrogen-bond donors (Lipinski definition) is 2. The van der Waals surface area contributed by atoms with Gasteiger partial charge in [-0.3, -0.25) is 4.79 Å². The zero-order valence-electron chi connectivity index (χ0n) is 15.1. The molecule has 3 rings (SSSR count). The van der Waals surface area contributed by atoms with Gasteiger partial charge < -0.3 is 20.1 Å². The van der Waals surface area contributed by atoms with Crippen LogP contribution in [0.2, 0.25) is 0 Å². The summed E-state index contributed by atoms with van der Waals surface area (Å²) in [6.45, 7) is -6.40. The first-order valence-corrected chi connectivity index (χ1v) is 8.39. The number of alkyl halides is 4. The lowest BCUT2D eigenvalue weighted by atomic mass is 10.1. The lowest BCUT2D eigenvalue weighted by Gasteiger charge is -2.12. The number of carbonyl (C=O) groups is 1. The van der Waals surface area contributed by atoms with E-state index >= 15 is 0 Å². The number of nitrogens with zero attached hydrogens (tertiary/aromatic N) is 2. The summed E-state index contributed by atoms with van der Waals surface area (Å²) in [6, 6.07) is 10.9. The smallest absolute Gasteiger partial charge is 0.387 e. The molecular formula is C19H14F4N4O3. The minimum atomic E-state index is -3.20. The molecule has 1 aromatic heterocycles. The van der Waals surface area contributed by atoms with Crippen LogP contribution < -0.4 is 20.1 Å².